The maximum Gasteiger partial charge on any atom is 0.350 e. The quantitative estimate of drug-likeness (QED) is 0.693. The third-order valence-electron chi connectivity index (χ3n) is 3.02. The van der Waals surface area contributed by atoms with Gasteiger partial charge in [-0.2, -0.15) is 0 Å². The van der Waals surface area contributed by atoms with E-state index in [1.54, 1.807) is 6.92 Å². The van der Waals surface area contributed by atoms with Crippen LogP contribution in [0.1, 0.15) is 22.2 Å². The standard InChI is InChI=1S/C14H12F3NO2S/c1-3-7-11(18)13(14(19)20-2)21-12(7)6-4-8(15)10(17)9(16)5-6/h4-5H,3,18H2,1-2H3. The molecule has 0 fully saturated rings. The summed E-state index contributed by atoms with van der Waals surface area (Å²) >= 11 is 0.964. The molecule has 0 aliphatic carbocycles. The van der Waals surface area contributed by atoms with Crippen molar-refractivity contribution < 1.29 is 22.7 Å². The maximum atomic E-state index is 13.4. The lowest BCUT2D eigenvalue weighted by Crippen LogP contribution is -2.02. The lowest BCUT2D eigenvalue weighted by Gasteiger charge is -2.04. The van der Waals surface area contributed by atoms with E-state index in [2.05, 4.69) is 4.74 Å². The van der Waals surface area contributed by atoms with Gasteiger partial charge in [-0.3, -0.25) is 0 Å². The van der Waals surface area contributed by atoms with Gasteiger partial charge in [0.15, 0.2) is 17.5 Å². The van der Waals surface area contributed by atoms with Gasteiger partial charge in [0.25, 0.3) is 0 Å². The Labute approximate surface area is 123 Å². The third kappa shape index (κ3) is 2.61. The van der Waals surface area contributed by atoms with E-state index in [0.29, 0.717) is 16.9 Å². The van der Waals surface area contributed by atoms with Crippen molar-refractivity contribution in [3.63, 3.8) is 0 Å². The Bertz CT molecular complexity index is 689. The Morgan fingerprint density at radius 1 is 1.29 bits per heavy atom. The second-order valence-electron chi connectivity index (χ2n) is 4.25. The first-order valence-electron chi connectivity index (χ1n) is 6.05. The van der Waals surface area contributed by atoms with Crippen LogP contribution in [0.5, 0.6) is 0 Å². The number of ether oxygens (including phenoxy) is 1. The van der Waals surface area contributed by atoms with Crippen LogP contribution in [0.25, 0.3) is 10.4 Å². The molecule has 2 rings (SSSR count). The molecule has 112 valence electrons. The van der Waals surface area contributed by atoms with Crippen LogP contribution in [-0.2, 0) is 11.2 Å². The number of carbonyl (C=O) groups excluding carboxylic acids is 1. The number of esters is 1. The molecule has 0 aliphatic rings. The maximum absolute atomic E-state index is 13.4. The monoisotopic (exact) mass is 315 g/mol. The van der Waals surface area contributed by atoms with Gasteiger partial charge >= 0.3 is 5.97 Å². The van der Waals surface area contributed by atoms with E-state index in [-0.39, 0.29) is 16.1 Å². The second kappa shape index (κ2) is 5.77. The fourth-order valence-corrected chi connectivity index (χ4v) is 3.21. The van der Waals surface area contributed by atoms with Gasteiger partial charge in [-0.1, -0.05) is 6.92 Å². The Kier molecular flexibility index (Phi) is 4.22. The number of thiophene rings is 1. The van der Waals surface area contributed by atoms with Gasteiger partial charge in [0, 0.05) is 4.88 Å². The summed E-state index contributed by atoms with van der Waals surface area (Å²) in [4.78, 5) is 12.2. The van der Waals surface area contributed by atoms with Crippen molar-refractivity contribution in [1.29, 1.82) is 0 Å². The zero-order chi connectivity index (χ0) is 15.7. The summed E-state index contributed by atoms with van der Waals surface area (Å²) in [7, 11) is 1.21. The van der Waals surface area contributed by atoms with Crippen molar-refractivity contribution >= 4 is 23.0 Å². The third-order valence-corrected chi connectivity index (χ3v) is 4.30. The molecule has 0 atom stereocenters. The van der Waals surface area contributed by atoms with Crippen LogP contribution >= 0.6 is 11.3 Å². The molecule has 1 aromatic carbocycles. The Morgan fingerprint density at radius 3 is 2.33 bits per heavy atom. The van der Waals surface area contributed by atoms with Gasteiger partial charge in [0.05, 0.1) is 12.8 Å². The van der Waals surface area contributed by atoms with Gasteiger partial charge in [-0.15, -0.1) is 11.3 Å². The fourth-order valence-electron chi connectivity index (χ4n) is 1.99. The smallest absolute Gasteiger partial charge is 0.350 e. The number of carbonyl (C=O) groups is 1. The Balaban J connectivity index is 2.66. The molecular formula is C14H12F3NO2S. The largest absolute Gasteiger partial charge is 0.465 e. The molecule has 0 aliphatic heterocycles. The molecule has 0 saturated carbocycles. The molecule has 2 aromatic rings. The van der Waals surface area contributed by atoms with Gasteiger partial charge in [0.1, 0.15) is 4.88 Å². The number of rotatable bonds is 3. The molecule has 21 heavy (non-hydrogen) atoms. The Morgan fingerprint density at radius 2 is 1.86 bits per heavy atom. The minimum absolute atomic E-state index is 0.134. The summed E-state index contributed by atoms with van der Waals surface area (Å²) in [5, 5.41) is 0. The van der Waals surface area contributed by atoms with E-state index in [1.165, 1.54) is 7.11 Å². The first-order valence-corrected chi connectivity index (χ1v) is 6.86. The summed E-state index contributed by atoms with van der Waals surface area (Å²) in [6, 6.07) is 1.76. The van der Waals surface area contributed by atoms with Crippen molar-refractivity contribution in [1.82, 2.24) is 0 Å². The van der Waals surface area contributed by atoms with E-state index in [0.717, 1.165) is 23.5 Å². The van der Waals surface area contributed by atoms with Crippen LogP contribution in [0.2, 0.25) is 0 Å². The van der Waals surface area contributed by atoms with E-state index < -0.39 is 23.4 Å². The first kappa shape index (κ1) is 15.4. The minimum atomic E-state index is -1.53. The molecule has 3 nitrogen and oxygen atoms in total. The van der Waals surface area contributed by atoms with Crippen LogP contribution in [0.3, 0.4) is 0 Å². The normalized spacial score (nSPS) is 10.7. The number of hydrogen-bond acceptors (Lipinski definition) is 4. The number of hydrogen-bond donors (Lipinski definition) is 1. The van der Waals surface area contributed by atoms with Crippen molar-refractivity contribution in [2.75, 3.05) is 12.8 Å². The molecule has 0 spiro atoms. The number of nitrogens with two attached hydrogens (primary N) is 1. The highest BCUT2D eigenvalue weighted by Crippen LogP contribution is 2.40. The SMILES string of the molecule is CCc1c(-c2cc(F)c(F)c(F)c2)sc(C(=O)OC)c1N. The van der Waals surface area contributed by atoms with E-state index in [9.17, 15) is 18.0 Å². The minimum Gasteiger partial charge on any atom is -0.465 e. The van der Waals surface area contributed by atoms with E-state index in [1.807, 2.05) is 0 Å². The average molecular weight is 315 g/mol. The fraction of sp³-hybridized carbons (Fsp3) is 0.214. The molecule has 7 heteroatoms. The van der Waals surface area contributed by atoms with Crippen LogP contribution in [0.15, 0.2) is 12.1 Å². The highest BCUT2D eigenvalue weighted by Gasteiger charge is 2.23. The number of methoxy groups -OCH3 is 1. The van der Waals surface area contributed by atoms with E-state index >= 15 is 0 Å². The van der Waals surface area contributed by atoms with Crippen molar-refractivity contribution in [2.24, 2.45) is 0 Å². The first-order chi connectivity index (χ1) is 9.90. The van der Waals surface area contributed by atoms with Crippen LogP contribution in [-0.4, -0.2) is 13.1 Å². The number of nitrogen functional groups attached to an aromatic ring is 1. The van der Waals surface area contributed by atoms with Crippen LogP contribution in [0, 0.1) is 17.5 Å². The number of anilines is 1. The summed E-state index contributed by atoms with van der Waals surface area (Å²) in [5.74, 6) is -4.74. The second-order valence-corrected chi connectivity index (χ2v) is 5.27. The van der Waals surface area contributed by atoms with Gasteiger partial charge in [-0.25, -0.2) is 18.0 Å². The summed E-state index contributed by atoms with van der Waals surface area (Å²) in [6.07, 6.45) is 0.454. The number of benzene rings is 1. The van der Waals surface area contributed by atoms with E-state index in [4.69, 9.17) is 5.73 Å². The molecule has 0 radical (unpaired) electrons. The average Bonchev–Trinajstić information content (AvgIpc) is 2.80. The topological polar surface area (TPSA) is 52.3 Å². The van der Waals surface area contributed by atoms with Gasteiger partial charge in [-0.05, 0) is 29.7 Å². The molecule has 1 heterocycles. The van der Waals surface area contributed by atoms with Crippen molar-refractivity contribution in [2.45, 2.75) is 13.3 Å². The lowest BCUT2D eigenvalue weighted by molar-refractivity contribution is 0.0607. The van der Waals surface area contributed by atoms with Gasteiger partial charge < -0.3 is 10.5 Å². The van der Waals surface area contributed by atoms with Crippen LogP contribution < -0.4 is 5.73 Å². The van der Waals surface area contributed by atoms with Gasteiger partial charge in [0.2, 0.25) is 0 Å². The molecule has 0 amide bonds. The zero-order valence-corrected chi connectivity index (χ0v) is 12.1. The molecule has 2 N–H and O–H groups in total. The molecule has 1 aromatic heterocycles. The molecule has 0 unspecified atom stereocenters. The van der Waals surface area contributed by atoms with Crippen molar-refractivity contribution in [3.05, 3.63) is 40.0 Å². The molecule has 0 saturated heterocycles. The zero-order valence-electron chi connectivity index (χ0n) is 11.3. The predicted molar refractivity (Wildman–Crippen MR) is 74.8 cm³/mol. The van der Waals surface area contributed by atoms with Crippen molar-refractivity contribution in [3.8, 4) is 10.4 Å². The summed E-state index contributed by atoms with van der Waals surface area (Å²) < 4.78 is 44.4. The molecule has 0 bridgehead atoms. The molecular weight excluding hydrogens is 303 g/mol. The summed E-state index contributed by atoms with van der Waals surface area (Å²) in [6.45, 7) is 1.79. The highest BCUT2D eigenvalue weighted by atomic mass is 32.1. The summed E-state index contributed by atoms with van der Waals surface area (Å²) in [5.41, 5.74) is 6.81. The number of halogens is 3. The highest BCUT2D eigenvalue weighted by molar-refractivity contribution is 7.18. The Hall–Kier alpha value is -2.02. The van der Waals surface area contributed by atoms with Crippen LogP contribution in [0.4, 0.5) is 18.9 Å². The lowest BCUT2D eigenvalue weighted by atomic mass is 10.1. The predicted octanol–water partition coefficient (Wildman–Crippen LogP) is 3.76.